The molecule has 1 aromatic carbocycles. The third-order valence-electron chi connectivity index (χ3n) is 5.15. The number of amides is 1. The van der Waals surface area contributed by atoms with Crippen molar-refractivity contribution in [3.05, 3.63) is 58.0 Å². The summed E-state index contributed by atoms with van der Waals surface area (Å²) in [4.78, 5) is 25.0. The fraction of sp³-hybridized carbons (Fsp3) is 0.400. The van der Waals surface area contributed by atoms with E-state index < -0.39 is 0 Å². The van der Waals surface area contributed by atoms with Gasteiger partial charge in [-0.1, -0.05) is 24.3 Å². The maximum atomic E-state index is 12.8. The van der Waals surface area contributed by atoms with E-state index in [2.05, 4.69) is 23.5 Å². The number of nitrogens with one attached hydrogen (secondary N) is 1. The first-order chi connectivity index (χ1) is 11.6. The monoisotopic (exact) mass is 323 g/mol. The lowest BCUT2D eigenvalue weighted by atomic mass is 9.88. The highest BCUT2D eigenvalue weighted by Gasteiger charge is 2.31. The van der Waals surface area contributed by atoms with E-state index in [-0.39, 0.29) is 17.7 Å². The Morgan fingerprint density at radius 2 is 1.96 bits per heavy atom. The second-order valence-corrected chi connectivity index (χ2v) is 6.79. The predicted molar refractivity (Wildman–Crippen MR) is 90.4 cm³/mol. The Labute approximate surface area is 141 Å². The highest BCUT2D eigenvalue weighted by atomic mass is 16.3. The number of Topliss-reactive ketones (excluding diaryl/α,β-unsaturated/α-hetero) is 1. The summed E-state index contributed by atoms with van der Waals surface area (Å²) in [6.07, 6.45) is 4.79. The summed E-state index contributed by atoms with van der Waals surface area (Å²) >= 11 is 0. The van der Waals surface area contributed by atoms with Crippen LogP contribution in [0.25, 0.3) is 0 Å². The van der Waals surface area contributed by atoms with E-state index in [4.69, 9.17) is 4.42 Å². The van der Waals surface area contributed by atoms with Gasteiger partial charge in [0, 0.05) is 18.9 Å². The van der Waals surface area contributed by atoms with Crippen molar-refractivity contribution in [3.8, 4) is 0 Å². The third-order valence-corrected chi connectivity index (χ3v) is 5.15. The van der Waals surface area contributed by atoms with Gasteiger partial charge in [-0.25, -0.2) is 0 Å². The Morgan fingerprint density at radius 1 is 1.17 bits per heavy atom. The summed E-state index contributed by atoms with van der Waals surface area (Å²) in [5, 5.41) is 3.12. The maximum Gasteiger partial charge on any atom is 0.255 e. The molecule has 0 saturated heterocycles. The summed E-state index contributed by atoms with van der Waals surface area (Å²) in [6, 6.07) is 8.49. The van der Waals surface area contributed by atoms with Gasteiger partial charge in [0.2, 0.25) is 0 Å². The van der Waals surface area contributed by atoms with Gasteiger partial charge in [0.15, 0.2) is 5.78 Å². The Morgan fingerprint density at radius 3 is 2.79 bits per heavy atom. The van der Waals surface area contributed by atoms with Gasteiger partial charge in [0.1, 0.15) is 11.5 Å². The topological polar surface area (TPSA) is 59.3 Å². The van der Waals surface area contributed by atoms with Crippen LogP contribution in [0.4, 0.5) is 0 Å². The summed E-state index contributed by atoms with van der Waals surface area (Å²) in [6.45, 7) is 1.77. The van der Waals surface area contributed by atoms with Crippen molar-refractivity contribution in [3.63, 3.8) is 0 Å². The largest absolute Gasteiger partial charge is 0.465 e. The number of hydrogen-bond acceptors (Lipinski definition) is 3. The van der Waals surface area contributed by atoms with Crippen molar-refractivity contribution >= 4 is 11.7 Å². The molecule has 0 fully saturated rings. The van der Waals surface area contributed by atoms with E-state index >= 15 is 0 Å². The molecule has 4 rings (SSSR count). The molecule has 0 radical (unpaired) electrons. The first-order valence-electron chi connectivity index (χ1n) is 8.66. The Bertz CT molecular complexity index is 818. The molecule has 1 heterocycles. The average molecular weight is 323 g/mol. The molecule has 0 saturated carbocycles. The van der Waals surface area contributed by atoms with Gasteiger partial charge in [-0.15, -0.1) is 0 Å². The van der Waals surface area contributed by atoms with E-state index in [1.54, 1.807) is 6.92 Å². The van der Waals surface area contributed by atoms with Crippen LogP contribution in [0.3, 0.4) is 0 Å². The van der Waals surface area contributed by atoms with Gasteiger partial charge in [0.25, 0.3) is 5.91 Å². The molecule has 4 nitrogen and oxygen atoms in total. The number of carbonyl (C=O) groups is 2. The number of carbonyl (C=O) groups excluding carboxylic acids is 2. The van der Waals surface area contributed by atoms with Crippen LogP contribution in [-0.2, 0) is 19.3 Å². The third kappa shape index (κ3) is 2.56. The van der Waals surface area contributed by atoms with Crippen molar-refractivity contribution in [1.82, 2.24) is 5.32 Å². The maximum absolute atomic E-state index is 12.8. The lowest BCUT2D eigenvalue weighted by molar-refractivity contribution is 0.0913. The zero-order valence-electron chi connectivity index (χ0n) is 13.9. The van der Waals surface area contributed by atoms with Crippen molar-refractivity contribution in [2.45, 2.75) is 51.5 Å². The number of rotatable bonds is 2. The minimum Gasteiger partial charge on any atom is -0.465 e. The lowest BCUT2D eigenvalue weighted by Gasteiger charge is -2.25. The second-order valence-electron chi connectivity index (χ2n) is 6.79. The molecule has 24 heavy (non-hydrogen) atoms. The highest BCUT2D eigenvalue weighted by molar-refractivity contribution is 6.10. The molecule has 0 spiro atoms. The lowest BCUT2D eigenvalue weighted by Crippen LogP contribution is -2.39. The predicted octanol–water partition coefficient (Wildman–Crippen LogP) is 3.39. The van der Waals surface area contributed by atoms with Crippen molar-refractivity contribution in [2.24, 2.45) is 0 Å². The van der Waals surface area contributed by atoms with Gasteiger partial charge in [0.05, 0.1) is 11.1 Å². The summed E-state index contributed by atoms with van der Waals surface area (Å²) in [5.74, 6) is 1.11. The SMILES string of the molecule is Cc1oc2c(c1C(=O)NC1CCc3ccccc3C1)C(=O)CCC2. The molecular formula is C20H21NO3. The molecule has 1 amide bonds. The molecule has 1 unspecified atom stereocenters. The summed E-state index contributed by atoms with van der Waals surface area (Å²) < 4.78 is 5.69. The minimum atomic E-state index is -0.169. The number of furan rings is 1. The van der Waals surface area contributed by atoms with Gasteiger partial charge in [-0.3, -0.25) is 9.59 Å². The number of ketones is 1. The van der Waals surface area contributed by atoms with E-state index in [1.165, 1.54) is 11.1 Å². The minimum absolute atomic E-state index is 0.0345. The first-order valence-corrected chi connectivity index (χ1v) is 8.66. The normalized spacial score (nSPS) is 19.5. The molecule has 2 aliphatic rings. The van der Waals surface area contributed by atoms with Crippen LogP contribution in [-0.4, -0.2) is 17.7 Å². The van der Waals surface area contributed by atoms with Crippen LogP contribution in [0.15, 0.2) is 28.7 Å². The fourth-order valence-electron chi connectivity index (χ4n) is 3.96. The molecule has 1 atom stereocenters. The van der Waals surface area contributed by atoms with E-state index in [0.717, 1.165) is 32.1 Å². The Hall–Kier alpha value is -2.36. The highest BCUT2D eigenvalue weighted by Crippen LogP contribution is 2.30. The van der Waals surface area contributed by atoms with Crippen LogP contribution in [0.1, 0.15) is 62.6 Å². The molecular weight excluding hydrogens is 302 g/mol. The molecule has 0 bridgehead atoms. The van der Waals surface area contributed by atoms with Gasteiger partial charge in [-0.05, 0) is 43.7 Å². The quantitative estimate of drug-likeness (QED) is 0.921. The molecule has 4 heteroatoms. The Kier molecular flexibility index (Phi) is 3.75. The number of fused-ring (bicyclic) bond motifs is 2. The van der Waals surface area contributed by atoms with Gasteiger partial charge >= 0.3 is 0 Å². The van der Waals surface area contributed by atoms with E-state index in [1.807, 2.05) is 6.07 Å². The molecule has 0 aliphatic heterocycles. The Balaban J connectivity index is 1.56. The summed E-state index contributed by atoms with van der Waals surface area (Å²) in [5.41, 5.74) is 3.65. The molecule has 124 valence electrons. The van der Waals surface area contributed by atoms with E-state index in [0.29, 0.717) is 29.1 Å². The average Bonchev–Trinajstić information content (AvgIpc) is 2.92. The number of benzene rings is 1. The molecule has 2 aliphatic carbocycles. The number of aryl methyl sites for hydroxylation is 3. The molecule has 1 N–H and O–H groups in total. The van der Waals surface area contributed by atoms with Gasteiger partial charge < -0.3 is 9.73 Å². The van der Waals surface area contributed by atoms with Crippen LogP contribution in [0.5, 0.6) is 0 Å². The molecule has 1 aromatic heterocycles. The smallest absolute Gasteiger partial charge is 0.255 e. The number of hydrogen-bond donors (Lipinski definition) is 1. The van der Waals surface area contributed by atoms with E-state index in [9.17, 15) is 9.59 Å². The van der Waals surface area contributed by atoms with Crippen molar-refractivity contribution in [2.75, 3.05) is 0 Å². The zero-order valence-corrected chi connectivity index (χ0v) is 13.9. The van der Waals surface area contributed by atoms with Crippen molar-refractivity contribution in [1.29, 1.82) is 0 Å². The van der Waals surface area contributed by atoms with Crippen LogP contribution >= 0.6 is 0 Å². The van der Waals surface area contributed by atoms with Crippen LogP contribution < -0.4 is 5.32 Å². The molecule has 2 aromatic rings. The van der Waals surface area contributed by atoms with Crippen LogP contribution in [0, 0.1) is 6.92 Å². The zero-order chi connectivity index (χ0) is 16.7. The fourth-order valence-corrected chi connectivity index (χ4v) is 3.96. The summed E-state index contributed by atoms with van der Waals surface area (Å²) in [7, 11) is 0. The van der Waals surface area contributed by atoms with Crippen molar-refractivity contribution < 1.29 is 14.0 Å². The second kappa shape index (κ2) is 5.93. The standard InChI is InChI=1S/C20H21NO3/c1-12-18(19-16(22)7-4-8-17(19)24-12)20(23)21-15-10-9-13-5-2-3-6-14(13)11-15/h2-3,5-6,15H,4,7-11H2,1H3,(H,21,23). The van der Waals surface area contributed by atoms with Gasteiger partial charge in [-0.2, -0.15) is 0 Å². The van der Waals surface area contributed by atoms with Crippen LogP contribution in [0.2, 0.25) is 0 Å². The first kappa shape index (κ1) is 15.2.